The molecule has 0 bridgehead atoms. The van der Waals surface area contributed by atoms with Gasteiger partial charge in [-0.3, -0.25) is 0 Å². The zero-order valence-corrected chi connectivity index (χ0v) is 11.9. The molecule has 0 fully saturated rings. The van der Waals surface area contributed by atoms with Crippen LogP contribution in [0.5, 0.6) is 5.75 Å². The summed E-state index contributed by atoms with van der Waals surface area (Å²) in [5, 5.41) is 1.32. The molecule has 0 aliphatic carbocycles. The van der Waals surface area contributed by atoms with Crippen molar-refractivity contribution in [2.75, 3.05) is 0 Å². The Bertz CT molecular complexity index is 511. The van der Waals surface area contributed by atoms with E-state index in [9.17, 15) is 0 Å². The van der Waals surface area contributed by atoms with Crippen molar-refractivity contribution < 1.29 is 4.74 Å². The van der Waals surface area contributed by atoms with Gasteiger partial charge in [-0.25, -0.2) is 0 Å². The van der Waals surface area contributed by atoms with Crippen molar-refractivity contribution in [3.05, 3.63) is 62.5 Å². The van der Waals surface area contributed by atoms with Crippen molar-refractivity contribution in [3.63, 3.8) is 0 Å². The molecule has 0 N–H and O–H groups in total. The first-order valence-corrected chi connectivity index (χ1v) is 6.52. The van der Waals surface area contributed by atoms with Crippen LogP contribution in [0.2, 0.25) is 10.0 Å². The summed E-state index contributed by atoms with van der Waals surface area (Å²) >= 11 is 15.3. The lowest BCUT2D eigenvalue weighted by Gasteiger charge is -2.08. The highest BCUT2D eigenvalue weighted by Crippen LogP contribution is 2.23. The third-order valence-electron chi connectivity index (χ3n) is 2.22. The summed E-state index contributed by atoms with van der Waals surface area (Å²) in [4.78, 5) is 0. The molecule has 17 heavy (non-hydrogen) atoms. The summed E-state index contributed by atoms with van der Waals surface area (Å²) in [7, 11) is 0. The molecule has 0 radical (unpaired) electrons. The fraction of sp³-hybridized carbons (Fsp3) is 0.0769. The van der Waals surface area contributed by atoms with Crippen LogP contribution >= 0.6 is 39.1 Å². The molecule has 0 atom stereocenters. The van der Waals surface area contributed by atoms with Crippen molar-refractivity contribution in [2.24, 2.45) is 0 Å². The van der Waals surface area contributed by atoms with E-state index in [1.54, 1.807) is 12.1 Å². The Labute approximate surface area is 118 Å². The molecule has 4 heteroatoms. The van der Waals surface area contributed by atoms with E-state index in [2.05, 4.69) is 15.9 Å². The summed E-state index contributed by atoms with van der Waals surface area (Å²) in [6, 6.07) is 13.0. The maximum atomic E-state index is 6.04. The quantitative estimate of drug-likeness (QED) is 0.738. The molecule has 88 valence electrons. The molecule has 0 spiro atoms. The predicted molar refractivity (Wildman–Crippen MR) is 74.9 cm³/mol. The molecule has 0 aromatic heterocycles. The third kappa shape index (κ3) is 3.63. The van der Waals surface area contributed by atoms with Crippen LogP contribution in [0, 0.1) is 0 Å². The van der Waals surface area contributed by atoms with Crippen molar-refractivity contribution >= 4 is 39.1 Å². The molecule has 0 amide bonds. The Morgan fingerprint density at radius 3 is 2.41 bits per heavy atom. The molecule has 2 rings (SSSR count). The van der Waals surface area contributed by atoms with Crippen molar-refractivity contribution in [1.29, 1.82) is 0 Å². The van der Waals surface area contributed by atoms with Gasteiger partial charge in [-0.1, -0.05) is 39.1 Å². The minimum Gasteiger partial charge on any atom is -0.489 e. The molecule has 2 aromatic rings. The van der Waals surface area contributed by atoms with E-state index in [1.165, 1.54) is 0 Å². The largest absolute Gasteiger partial charge is 0.489 e. The van der Waals surface area contributed by atoms with Crippen LogP contribution in [-0.4, -0.2) is 0 Å². The van der Waals surface area contributed by atoms with Gasteiger partial charge in [-0.15, -0.1) is 0 Å². The predicted octanol–water partition coefficient (Wildman–Crippen LogP) is 5.33. The van der Waals surface area contributed by atoms with Crippen LogP contribution in [0.15, 0.2) is 46.9 Å². The average molecular weight is 332 g/mol. The first-order valence-electron chi connectivity index (χ1n) is 4.97. The van der Waals surface area contributed by atoms with Gasteiger partial charge in [0.1, 0.15) is 12.4 Å². The summed E-state index contributed by atoms with van der Waals surface area (Å²) < 4.78 is 6.64. The highest BCUT2D eigenvalue weighted by molar-refractivity contribution is 9.10. The SMILES string of the molecule is Clc1ccc(Cl)c(COc2ccc(Br)cc2)c1. The lowest BCUT2D eigenvalue weighted by Crippen LogP contribution is -1.96. The number of hydrogen-bond donors (Lipinski definition) is 0. The van der Waals surface area contributed by atoms with Crippen LogP contribution in [0.25, 0.3) is 0 Å². The molecule has 0 aliphatic rings. The van der Waals surface area contributed by atoms with E-state index < -0.39 is 0 Å². The van der Waals surface area contributed by atoms with Gasteiger partial charge in [0.15, 0.2) is 0 Å². The fourth-order valence-corrected chi connectivity index (χ4v) is 1.98. The summed E-state index contributed by atoms with van der Waals surface area (Å²) in [6.45, 7) is 0.404. The van der Waals surface area contributed by atoms with Gasteiger partial charge in [-0.2, -0.15) is 0 Å². The summed E-state index contributed by atoms with van der Waals surface area (Å²) in [5.41, 5.74) is 0.877. The van der Waals surface area contributed by atoms with E-state index in [0.717, 1.165) is 15.8 Å². The zero-order chi connectivity index (χ0) is 12.3. The summed E-state index contributed by atoms with van der Waals surface area (Å²) in [5.74, 6) is 0.796. The molecule has 0 unspecified atom stereocenters. The molecular weight excluding hydrogens is 323 g/mol. The minimum atomic E-state index is 0.404. The second-order valence-electron chi connectivity index (χ2n) is 3.48. The van der Waals surface area contributed by atoms with Gasteiger partial charge in [0.05, 0.1) is 0 Å². The number of rotatable bonds is 3. The fourth-order valence-electron chi connectivity index (χ4n) is 1.35. The monoisotopic (exact) mass is 330 g/mol. The smallest absolute Gasteiger partial charge is 0.119 e. The van der Waals surface area contributed by atoms with Crippen LogP contribution in [0.4, 0.5) is 0 Å². The van der Waals surface area contributed by atoms with Gasteiger partial charge < -0.3 is 4.74 Å². The van der Waals surface area contributed by atoms with E-state index in [-0.39, 0.29) is 0 Å². The Hall–Kier alpha value is -0.700. The zero-order valence-electron chi connectivity index (χ0n) is 8.79. The van der Waals surface area contributed by atoms with Crippen LogP contribution in [-0.2, 0) is 6.61 Å². The van der Waals surface area contributed by atoms with Crippen LogP contribution in [0.1, 0.15) is 5.56 Å². The Kier molecular flexibility index (Phi) is 4.32. The lowest BCUT2D eigenvalue weighted by molar-refractivity contribution is 0.306. The molecule has 0 heterocycles. The maximum Gasteiger partial charge on any atom is 0.119 e. The number of benzene rings is 2. The van der Waals surface area contributed by atoms with Gasteiger partial charge in [0, 0.05) is 20.1 Å². The van der Waals surface area contributed by atoms with Gasteiger partial charge >= 0.3 is 0 Å². The minimum absolute atomic E-state index is 0.404. The molecule has 0 saturated carbocycles. The second-order valence-corrected chi connectivity index (χ2v) is 5.24. The highest BCUT2D eigenvalue weighted by Gasteiger charge is 2.02. The number of ether oxygens (including phenoxy) is 1. The number of hydrogen-bond acceptors (Lipinski definition) is 1. The topological polar surface area (TPSA) is 9.23 Å². The molecule has 1 nitrogen and oxygen atoms in total. The molecule has 2 aromatic carbocycles. The van der Waals surface area contributed by atoms with E-state index in [1.807, 2.05) is 30.3 Å². The van der Waals surface area contributed by atoms with Gasteiger partial charge in [-0.05, 0) is 42.5 Å². The van der Waals surface area contributed by atoms with Gasteiger partial charge in [0.2, 0.25) is 0 Å². The number of halogens is 3. The van der Waals surface area contributed by atoms with Crippen molar-refractivity contribution in [1.82, 2.24) is 0 Å². The van der Waals surface area contributed by atoms with Gasteiger partial charge in [0.25, 0.3) is 0 Å². The van der Waals surface area contributed by atoms with Crippen molar-refractivity contribution in [2.45, 2.75) is 6.61 Å². The van der Waals surface area contributed by atoms with Crippen LogP contribution < -0.4 is 4.74 Å². The normalized spacial score (nSPS) is 10.3. The Balaban J connectivity index is 2.07. The van der Waals surface area contributed by atoms with E-state index in [0.29, 0.717) is 16.7 Å². The average Bonchev–Trinajstić information content (AvgIpc) is 2.32. The van der Waals surface area contributed by atoms with Crippen molar-refractivity contribution in [3.8, 4) is 5.75 Å². The molecular formula is C13H9BrCl2O. The Morgan fingerprint density at radius 1 is 1.00 bits per heavy atom. The van der Waals surface area contributed by atoms with E-state index >= 15 is 0 Å². The first-order chi connectivity index (χ1) is 8.15. The van der Waals surface area contributed by atoms with Crippen LogP contribution in [0.3, 0.4) is 0 Å². The van der Waals surface area contributed by atoms with E-state index in [4.69, 9.17) is 27.9 Å². The third-order valence-corrected chi connectivity index (χ3v) is 3.35. The highest BCUT2D eigenvalue weighted by atomic mass is 79.9. The lowest BCUT2D eigenvalue weighted by atomic mass is 10.2. The second kappa shape index (κ2) is 5.76. The standard InChI is InChI=1S/C13H9BrCl2O/c14-10-1-4-12(5-2-10)17-8-9-7-11(15)3-6-13(9)16/h1-7H,8H2. The summed E-state index contributed by atoms with van der Waals surface area (Å²) in [6.07, 6.45) is 0. The maximum absolute atomic E-state index is 6.04. The Morgan fingerprint density at radius 2 is 1.71 bits per heavy atom. The first kappa shape index (κ1) is 12.7. The molecule has 0 saturated heterocycles. The molecule has 0 aliphatic heterocycles.